The molecule has 5 nitrogen and oxygen atoms in total. The van der Waals surface area contributed by atoms with Crippen LogP contribution in [0.2, 0.25) is 0 Å². The second-order valence-corrected chi connectivity index (χ2v) is 7.85. The average Bonchev–Trinajstić information content (AvgIpc) is 2.74. The Morgan fingerprint density at radius 1 is 1.14 bits per heavy atom. The standard InChI is InChI=1S/C24H32N2O3/c1-4-6-8-9-18-10-12-19(13-11-18)24(27)29-22-15-14-21(28-16-7-5-2)20(17-25)23(22)26-3/h14-15,18-19H,4-13,16H2,1-2H3. The number of benzene rings is 1. The number of nitrogens with zero attached hydrogens (tertiary/aromatic N) is 2. The first-order valence-electron chi connectivity index (χ1n) is 10.9. The van der Waals surface area contributed by atoms with Crippen molar-refractivity contribution in [3.05, 3.63) is 29.1 Å². The number of hydrogen-bond acceptors (Lipinski definition) is 4. The number of unbranched alkanes of at least 4 members (excludes halogenated alkanes) is 3. The molecule has 2 rings (SSSR count). The fourth-order valence-corrected chi connectivity index (χ4v) is 3.86. The van der Waals surface area contributed by atoms with Crippen molar-refractivity contribution in [1.82, 2.24) is 0 Å². The first-order chi connectivity index (χ1) is 14.1. The summed E-state index contributed by atoms with van der Waals surface area (Å²) in [7, 11) is 0. The Hall–Kier alpha value is -2.53. The largest absolute Gasteiger partial charge is 0.494 e. The summed E-state index contributed by atoms with van der Waals surface area (Å²) >= 11 is 0. The van der Waals surface area contributed by atoms with Crippen LogP contribution in [0.25, 0.3) is 4.85 Å². The van der Waals surface area contributed by atoms with E-state index in [0.717, 1.165) is 38.5 Å². The van der Waals surface area contributed by atoms with Gasteiger partial charge in [0.2, 0.25) is 5.69 Å². The SMILES string of the molecule is [C-]#[N+]c1c(OC(=O)C2CCC(CCCCC)CC2)ccc(OCCCC)c1C#N. The quantitative estimate of drug-likeness (QED) is 0.194. The van der Waals surface area contributed by atoms with Crippen LogP contribution in [0, 0.1) is 29.7 Å². The van der Waals surface area contributed by atoms with Gasteiger partial charge in [-0.25, -0.2) is 4.85 Å². The van der Waals surface area contributed by atoms with Crippen molar-refractivity contribution in [2.45, 2.75) is 78.1 Å². The van der Waals surface area contributed by atoms with Gasteiger partial charge in [-0.2, -0.15) is 5.26 Å². The Morgan fingerprint density at radius 3 is 2.45 bits per heavy atom. The highest BCUT2D eigenvalue weighted by Crippen LogP contribution is 2.39. The molecule has 1 fully saturated rings. The molecule has 1 aliphatic rings. The van der Waals surface area contributed by atoms with Crippen LogP contribution in [-0.2, 0) is 4.79 Å². The van der Waals surface area contributed by atoms with Crippen LogP contribution in [0.1, 0.15) is 83.6 Å². The van der Waals surface area contributed by atoms with Crippen LogP contribution < -0.4 is 9.47 Å². The Bertz CT molecular complexity index is 753. The maximum Gasteiger partial charge on any atom is 0.313 e. The third-order valence-electron chi connectivity index (χ3n) is 5.69. The first-order valence-corrected chi connectivity index (χ1v) is 10.9. The molecule has 0 unspecified atom stereocenters. The summed E-state index contributed by atoms with van der Waals surface area (Å²) in [4.78, 5) is 16.1. The molecule has 0 heterocycles. The summed E-state index contributed by atoms with van der Waals surface area (Å²) in [5.41, 5.74) is 0.198. The number of carbonyl (C=O) groups is 1. The smallest absolute Gasteiger partial charge is 0.313 e. The van der Waals surface area contributed by atoms with Crippen LogP contribution in [0.5, 0.6) is 11.5 Å². The minimum absolute atomic E-state index is 0.0584. The molecule has 0 N–H and O–H groups in total. The van der Waals surface area contributed by atoms with Gasteiger partial charge in [0.15, 0.2) is 0 Å². The lowest BCUT2D eigenvalue weighted by atomic mass is 9.80. The molecule has 156 valence electrons. The van der Waals surface area contributed by atoms with Crippen LogP contribution in [0.15, 0.2) is 12.1 Å². The minimum atomic E-state index is -0.287. The average molecular weight is 397 g/mol. The maximum atomic E-state index is 12.7. The zero-order valence-electron chi connectivity index (χ0n) is 17.7. The first kappa shape index (κ1) is 22.8. The number of carbonyl (C=O) groups excluding carboxylic acids is 1. The predicted molar refractivity (Wildman–Crippen MR) is 113 cm³/mol. The number of hydrogen-bond donors (Lipinski definition) is 0. The molecule has 0 atom stereocenters. The van der Waals surface area contributed by atoms with Gasteiger partial charge in [0.1, 0.15) is 17.1 Å². The topological polar surface area (TPSA) is 63.7 Å². The summed E-state index contributed by atoms with van der Waals surface area (Å²) < 4.78 is 11.2. The van der Waals surface area contributed by atoms with Gasteiger partial charge >= 0.3 is 5.97 Å². The minimum Gasteiger partial charge on any atom is -0.494 e. The van der Waals surface area contributed by atoms with Crippen molar-refractivity contribution < 1.29 is 14.3 Å². The van der Waals surface area contributed by atoms with Crippen LogP contribution >= 0.6 is 0 Å². The third kappa shape index (κ3) is 6.50. The van der Waals surface area contributed by atoms with Gasteiger partial charge < -0.3 is 9.47 Å². The molecule has 1 aliphatic carbocycles. The lowest BCUT2D eigenvalue weighted by Gasteiger charge is -2.27. The molecule has 0 aromatic heterocycles. The van der Waals surface area contributed by atoms with Gasteiger partial charge in [-0.1, -0.05) is 46.0 Å². The molecule has 0 aliphatic heterocycles. The van der Waals surface area contributed by atoms with Gasteiger partial charge in [-0.05, 0) is 50.2 Å². The molecular weight excluding hydrogens is 364 g/mol. The van der Waals surface area contributed by atoms with Crippen molar-refractivity contribution in [2.75, 3.05) is 6.61 Å². The van der Waals surface area contributed by atoms with Crippen molar-refractivity contribution in [1.29, 1.82) is 5.26 Å². The molecular formula is C24H32N2O3. The van der Waals surface area contributed by atoms with E-state index in [2.05, 4.69) is 18.7 Å². The van der Waals surface area contributed by atoms with Crippen molar-refractivity contribution in [3.8, 4) is 17.6 Å². The highest BCUT2D eigenvalue weighted by atomic mass is 16.5. The van der Waals surface area contributed by atoms with E-state index < -0.39 is 0 Å². The number of ether oxygens (including phenoxy) is 2. The van der Waals surface area contributed by atoms with E-state index in [1.165, 1.54) is 25.7 Å². The molecule has 29 heavy (non-hydrogen) atoms. The lowest BCUT2D eigenvalue weighted by Crippen LogP contribution is -2.25. The number of nitriles is 1. The fourth-order valence-electron chi connectivity index (χ4n) is 3.86. The second kappa shape index (κ2) is 12.1. The van der Waals surface area contributed by atoms with Crippen LogP contribution in [-0.4, -0.2) is 12.6 Å². The van der Waals surface area contributed by atoms with E-state index in [-0.39, 0.29) is 28.9 Å². The van der Waals surface area contributed by atoms with Crippen molar-refractivity contribution >= 4 is 11.7 Å². The normalized spacial score (nSPS) is 18.5. The molecule has 0 spiro atoms. The second-order valence-electron chi connectivity index (χ2n) is 7.85. The van der Waals surface area contributed by atoms with Gasteiger partial charge in [0, 0.05) is 0 Å². The molecule has 1 saturated carbocycles. The van der Waals surface area contributed by atoms with Gasteiger partial charge in [0.05, 0.1) is 25.2 Å². The summed E-state index contributed by atoms with van der Waals surface area (Å²) in [5, 5.41) is 9.50. The Morgan fingerprint density at radius 2 is 1.83 bits per heavy atom. The van der Waals surface area contributed by atoms with E-state index >= 15 is 0 Å². The molecule has 0 saturated heterocycles. The Balaban J connectivity index is 2.00. The van der Waals surface area contributed by atoms with E-state index in [1.807, 2.05) is 6.07 Å². The molecule has 0 radical (unpaired) electrons. The summed E-state index contributed by atoms with van der Waals surface area (Å²) in [6.07, 6.45) is 10.7. The Kier molecular flexibility index (Phi) is 9.51. The number of rotatable bonds is 10. The van der Waals surface area contributed by atoms with Crippen LogP contribution in [0.4, 0.5) is 5.69 Å². The maximum absolute atomic E-state index is 12.7. The van der Waals surface area contributed by atoms with E-state index in [9.17, 15) is 10.1 Å². The Labute approximate surface area is 174 Å². The molecule has 1 aromatic carbocycles. The zero-order valence-corrected chi connectivity index (χ0v) is 17.7. The summed E-state index contributed by atoms with van der Waals surface area (Å²) in [6, 6.07) is 5.23. The van der Waals surface area contributed by atoms with Crippen molar-refractivity contribution in [2.24, 2.45) is 11.8 Å². The predicted octanol–water partition coefficient (Wildman–Crippen LogP) is 6.58. The molecule has 0 amide bonds. The summed E-state index contributed by atoms with van der Waals surface area (Å²) in [6.45, 7) is 12.2. The molecule has 5 heteroatoms. The van der Waals surface area contributed by atoms with Crippen LogP contribution in [0.3, 0.4) is 0 Å². The van der Waals surface area contributed by atoms with Crippen molar-refractivity contribution in [3.63, 3.8) is 0 Å². The lowest BCUT2D eigenvalue weighted by molar-refractivity contribution is -0.140. The number of esters is 1. The highest BCUT2D eigenvalue weighted by molar-refractivity contribution is 5.80. The third-order valence-corrected chi connectivity index (χ3v) is 5.69. The zero-order chi connectivity index (χ0) is 21.1. The van der Waals surface area contributed by atoms with E-state index in [1.54, 1.807) is 12.1 Å². The van der Waals surface area contributed by atoms with E-state index in [4.69, 9.17) is 16.0 Å². The van der Waals surface area contributed by atoms with Gasteiger partial charge in [-0.15, -0.1) is 0 Å². The molecule has 0 bridgehead atoms. The summed E-state index contributed by atoms with van der Waals surface area (Å²) in [5.74, 6) is 0.843. The fraction of sp³-hybridized carbons (Fsp3) is 0.625. The van der Waals surface area contributed by atoms with Gasteiger partial charge in [0.25, 0.3) is 0 Å². The monoisotopic (exact) mass is 396 g/mol. The molecule has 1 aromatic rings. The van der Waals surface area contributed by atoms with E-state index in [0.29, 0.717) is 18.3 Å². The van der Waals surface area contributed by atoms with Gasteiger partial charge in [-0.3, -0.25) is 4.79 Å². The highest BCUT2D eigenvalue weighted by Gasteiger charge is 2.28.